The van der Waals surface area contributed by atoms with Crippen LogP contribution < -0.4 is 0 Å². The third-order valence-corrected chi connectivity index (χ3v) is 6.79. The van der Waals surface area contributed by atoms with E-state index < -0.39 is 0 Å². The molecular weight excluding hydrogens is 501 g/mol. The Morgan fingerprint density at radius 1 is 1.03 bits per heavy atom. The van der Waals surface area contributed by atoms with Gasteiger partial charge in [-0.3, -0.25) is 0 Å². The lowest BCUT2D eigenvalue weighted by Gasteiger charge is -2.25. The largest absolute Gasteiger partial charge is 0.329 e. The number of benzene rings is 2. The van der Waals surface area contributed by atoms with E-state index in [0.717, 1.165) is 59.9 Å². The molecule has 0 spiro atoms. The summed E-state index contributed by atoms with van der Waals surface area (Å²) in [5.74, 6) is 1.32. The van der Waals surface area contributed by atoms with E-state index in [0.29, 0.717) is 17.9 Å². The second kappa shape index (κ2) is 10.4. The molecule has 0 radical (unpaired) electrons. The molecule has 0 atom stereocenters. The lowest BCUT2D eigenvalue weighted by molar-refractivity contribution is 0.521. The summed E-state index contributed by atoms with van der Waals surface area (Å²) in [6.07, 6.45) is 4.21. The van der Waals surface area contributed by atoms with Gasteiger partial charge >= 0.3 is 0 Å². The minimum atomic E-state index is -0.269. The molecule has 0 aliphatic carbocycles. The van der Waals surface area contributed by atoms with E-state index in [4.69, 9.17) is 0 Å². The van der Waals surface area contributed by atoms with Crippen molar-refractivity contribution in [1.29, 1.82) is 5.26 Å². The maximum Gasteiger partial charge on any atom is 0.177 e. The number of rotatable bonds is 4. The molecule has 168 valence electrons. The molecule has 0 amide bonds. The van der Waals surface area contributed by atoms with Crippen molar-refractivity contribution in [3.05, 3.63) is 93.6 Å². The van der Waals surface area contributed by atoms with Gasteiger partial charge in [0.05, 0.1) is 5.70 Å². The maximum atomic E-state index is 13.5. The highest BCUT2D eigenvalue weighted by molar-refractivity contribution is 8.93. The molecule has 0 N–H and O–H groups in total. The standard InChI is InChI=1S/C25H22FN5S.BrH/c26-20-12-10-19(11-13-20)22-17-32-25(31(22)16-18-7-3-1-4-8-18)21(15-27)24-29-28-23-9-5-2-6-14-30(23)24;/h1,3-4,7-8,10-13,17H,2,5-6,9,14,16H2;1H/b25-21-;. The van der Waals surface area contributed by atoms with Gasteiger partial charge in [-0.05, 0) is 48.2 Å². The van der Waals surface area contributed by atoms with Crippen LogP contribution in [-0.2, 0) is 19.5 Å². The second-order valence-electron chi connectivity index (χ2n) is 7.89. The molecule has 5 nitrogen and oxygen atoms in total. The Bertz CT molecular complexity index is 1230. The lowest BCUT2D eigenvalue weighted by atomic mass is 10.1. The predicted octanol–water partition coefficient (Wildman–Crippen LogP) is 6.16. The number of nitriles is 1. The van der Waals surface area contributed by atoms with Crippen molar-refractivity contribution >= 4 is 40.0 Å². The van der Waals surface area contributed by atoms with Gasteiger partial charge in [0, 0.05) is 24.9 Å². The zero-order valence-corrected chi connectivity index (χ0v) is 20.5. The Balaban J connectivity index is 0.00000259. The molecule has 33 heavy (non-hydrogen) atoms. The van der Waals surface area contributed by atoms with Gasteiger partial charge in [-0.1, -0.05) is 48.5 Å². The van der Waals surface area contributed by atoms with Crippen molar-refractivity contribution in [2.24, 2.45) is 0 Å². The SMILES string of the molecule is Br.N#C/C(=C1/SC=C(c2ccc(F)cc2)N1Cc1ccccc1)c1nnc2n1CCCCC2. The van der Waals surface area contributed by atoms with Crippen molar-refractivity contribution in [3.63, 3.8) is 0 Å². The van der Waals surface area contributed by atoms with E-state index in [9.17, 15) is 9.65 Å². The number of hydrogen-bond acceptors (Lipinski definition) is 5. The summed E-state index contributed by atoms with van der Waals surface area (Å²) >= 11 is 1.51. The van der Waals surface area contributed by atoms with Gasteiger partial charge in [-0.25, -0.2) is 4.39 Å². The third kappa shape index (κ3) is 4.75. The first kappa shape index (κ1) is 23.3. The molecule has 0 bridgehead atoms. The smallest absolute Gasteiger partial charge is 0.177 e. The van der Waals surface area contributed by atoms with E-state index in [1.165, 1.54) is 23.9 Å². The maximum absolute atomic E-state index is 13.5. The van der Waals surface area contributed by atoms with Gasteiger partial charge in [0.15, 0.2) is 5.82 Å². The molecular formula is C25H23BrFN5S. The summed E-state index contributed by atoms with van der Waals surface area (Å²) in [5.41, 5.74) is 3.50. The number of thioether (sulfide) groups is 1. The van der Waals surface area contributed by atoms with E-state index >= 15 is 0 Å². The van der Waals surface area contributed by atoms with E-state index in [1.807, 2.05) is 23.6 Å². The summed E-state index contributed by atoms with van der Waals surface area (Å²) in [7, 11) is 0. The first-order chi connectivity index (χ1) is 15.7. The summed E-state index contributed by atoms with van der Waals surface area (Å²) in [4.78, 5) is 2.13. The van der Waals surface area contributed by atoms with Crippen molar-refractivity contribution < 1.29 is 4.39 Å². The second-order valence-corrected chi connectivity index (χ2v) is 8.75. The normalized spacial score (nSPS) is 16.8. The monoisotopic (exact) mass is 523 g/mol. The minimum absolute atomic E-state index is 0. The van der Waals surface area contributed by atoms with E-state index in [-0.39, 0.29) is 22.8 Å². The Kier molecular flexibility index (Phi) is 7.31. The molecule has 0 saturated heterocycles. The Labute approximate surface area is 207 Å². The van der Waals surface area contributed by atoms with Gasteiger partial charge in [-0.15, -0.1) is 27.2 Å². The third-order valence-electron chi connectivity index (χ3n) is 5.80. The number of aromatic nitrogens is 3. The molecule has 2 aromatic carbocycles. The summed E-state index contributed by atoms with van der Waals surface area (Å²) in [5, 5.41) is 21.9. The molecule has 3 heterocycles. The van der Waals surface area contributed by atoms with Crippen LogP contribution >= 0.6 is 28.7 Å². The van der Waals surface area contributed by atoms with Gasteiger partial charge in [0.25, 0.3) is 0 Å². The van der Waals surface area contributed by atoms with Crippen LogP contribution in [0.3, 0.4) is 0 Å². The highest BCUT2D eigenvalue weighted by Gasteiger charge is 2.29. The average molecular weight is 524 g/mol. The zero-order chi connectivity index (χ0) is 21.9. The fourth-order valence-electron chi connectivity index (χ4n) is 4.17. The van der Waals surface area contributed by atoms with Gasteiger partial charge in [0.1, 0.15) is 28.3 Å². The van der Waals surface area contributed by atoms with Crippen molar-refractivity contribution in [2.75, 3.05) is 0 Å². The zero-order valence-electron chi connectivity index (χ0n) is 17.9. The van der Waals surface area contributed by atoms with Gasteiger partial charge in [-0.2, -0.15) is 5.26 Å². The molecule has 3 aromatic rings. The molecule has 0 unspecified atom stereocenters. The number of nitrogens with zero attached hydrogens (tertiary/aromatic N) is 5. The fraction of sp³-hybridized carbons (Fsp3) is 0.240. The first-order valence-electron chi connectivity index (χ1n) is 10.8. The Morgan fingerprint density at radius 2 is 1.82 bits per heavy atom. The molecule has 2 aliphatic heterocycles. The molecule has 1 aromatic heterocycles. The van der Waals surface area contributed by atoms with Crippen LogP contribution in [0.1, 0.15) is 42.0 Å². The lowest BCUT2D eigenvalue weighted by Crippen LogP contribution is -2.18. The van der Waals surface area contributed by atoms with Crippen LogP contribution in [0.4, 0.5) is 4.39 Å². The number of aryl methyl sites for hydroxylation is 1. The highest BCUT2D eigenvalue weighted by Crippen LogP contribution is 2.44. The average Bonchev–Trinajstić information content (AvgIpc) is 3.32. The van der Waals surface area contributed by atoms with Crippen molar-refractivity contribution in [2.45, 2.75) is 38.8 Å². The molecule has 2 aliphatic rings. The topological polar surface area (TPSA) is 57.7 Å². The van der Waals surface area contributed by atoms with Crippen LogP contribution in [-0.4, -0.2) is 19.7 Å². The fourth-order valence-corrected chi connectivity index (χ4v) is 5.20. The Morgan fingerprint density at radius 3 is 2.58 bits per heavy atom. The van der Waals surface area contributed by atoms with Gasteiger partial charge in [0.2, 0.25) is 0 Å². The van der Waals surface area contributed by atoms with Gasteiger partial charge < -0.3 is 9.47 Å². The van der Waals surface area contributed by atoms with Crippen LogP contribution in [0.15, 0.2) is 65.0 Å². The van der Waals surface area contributed by atoms with Crippen LogP contribution in [0.5, 0.6) is 0 Å². The molecule has 0 fully saturated rings. The summed E-state index contributed by atoms with van der Waals surface area (Å²) < 4.78 is 15.7. The quantitative estimate of drug-likeness (QED) is 0.383. The van der Waals surface area contributed by atoms with E-state index in [1.54, 1.807) is 12.1 Å². The molecule has 0 saturated carbocycles. The minimum Gasteiger partial charge on any atom is -0.329 e. The number of allylic oxidation sites excluding steroid dienone is 1. The summed E-state index contributed by atoms with van der Waals surface area (Å²) in [6, 6.07) is 19.0. The van der Waals surface area contributed by atoms with Crippen LogP contribution in [0.2, 0.25) is 0 Å². The van der Waals surface area contributed by atoms with Crippen molar-refractivity contribution in [3.8, 4) is 6.07 Å². The highest BCUT2D eigenvalue weighted by atomic mass is 79.9. The number of hydrogen-bond donors (Lipinski definition) is 0. The first-order valence-corrected chi connectivity index (χ1v) is 11.6. The van der Waals surface area contributed by atoms with Crippen LogP contribution in [0, 0.1) is 17.1 Å². The predicted molar refractivity (Wildman–Crippen MR) is 134 cm³/mol. The van der Waals surface area contributed by atoms with E-state index in [2.05, 4.69) is 37.9 Å². The van der Waals surface area contributed by atoms with Crippen LogP contribution in [0.25, 0.3) is 11.3 Å². The summed E-state index contributed by atoms with van der Waals surface area (Å²) in [6.45, 7) is 1.43. The number of halogens is 2. The molecule has 8 heteroatoms. The number of fused-ring (bicyclic) bond motifs is 1. The van der Waals surface area contributed by atoms with Crippen molar-refractivity contribution in [1.82, 2.24) is 19.7 Å². The molecule has 5 rings (SSSR count). The Hall–Kier alpha value is -2.89.